The second-order valence-corrected chi connectivity index (χ2v) is 4.67. The molecule has 0 bridgehead atoms. The van der Waals surface area contributed by atoms with Gasteiger partial charge in [-0.3, -0.25) is 14.3 Å². The van der Waals surface area contributed by atoms with E-state index in [9.17, 15) is 9.59 Å². The van der Waals surface area contributed by atoms with Gasteiger partial charge < -0.3 is 5.32 Å². The van der Waals surface area contributed by atoms with Crippen LogP contribution in [-0.2, 0) is 11.8 Å². The van der Waals surface area contributed by atoms with Gasteiger partial charge in [-0.25, -0.2) is 4.68 Å². The average molecular weight is 271 g/mol. The molecule has 0 aliphatic rings. The molecule has 0 aliphatic carbocycles. The lowest BCUT2D eigenvalue weighted by Gasteiger charge is -2.07. The third-order valence-electron chi connectivity index (χ3n) is 3.18. The van der Waals surface area contributed by atoms with Crippen molar-refractivity contribution in [3.05, 3.63) is 58.5 Å². The van der Waals surface area contributed by atoms with Crippen molar-refractivity contribution in [2.24, 2.45) is 7.05 Å². The van der Waals surface area contributed by atoms with Gasteiger partial charge >= 0.3 is 0 Å². The molecule has 0 atom stereocenters. The van der Waals surface area contributed by atoms with E-state index in [-0.39, 0.29) is 17.2 Å². The van der Waals surface area contributed by atoms with Gasteiger partial charge in [0.15, 0.2) is 0 Å². The highest BCUT2D eigenvalue weighted by Crippen LogP contribution is 2.14. The van der Waals surface area contributed by atoms with Crippen LogP contribution in [0.4, 0.5) is 5.69 Å². The summed E-state index contributed by atoms with van der Waals surface area (Å²) in [5.74, 6) is -0.351. The Bertz CT molecular complexity index is 724. The van der Waals surface area contributed by atoms with Crippen molar-refractivity contribution in [2.75, 3.05) is 5.32 Å². The summed E-state index contributed by atoms with van der Waals surface area (Å²) in [6.07, 6.45) is 0. The molecular weight excluding hydrogens is 254 g/mol. The molecule has 0 unspecified atom stereocenters. The standard InChI is InChI=1S/C15H17N3O2/c1-10(2)14(19)16-13-11(3)17(4)18(15(13)20)12-8-6-5-7-9-12/h5-9H,1H2,2-4H3,(H,16,19). The maximum atomic E-state index is 12.5. The van der Waals surface area contributed by atoms with Crippen LogP contribution >= 0.6 is 0 Å². The molecule has 104 valence electrons. The van der Waals surface area contributed by atoms with Gasteiger partial charge in [0, 0.05) is 12.6 Å². The molecule has 1 aromatic heterocycles. The largest absolute Gasteiger partial charge is 0.316 e. The third kappa shape index (κ3) is 2.30. The molecule has 0 spiro atoms. The summed E-state index contributed by atoms with van der Waals surface area (Å²) in [7, 11) is 1.78. The lowest BCUT2D eigenvalue weighted by atomic mass is 10.3. The summed E-state index contributed by atoms with van der Waals surface area (Å²) >= 11 is 0. The number of para-hydroxylation sites is 1. The highest BCUT2D eigenvalue weighted by molar-refractivity contribution is 6.03. The summed E-state index contributed by atoms with van der Waals surface area (Å²) < 4.78 is 3.23. The van der Waals surface area contributed by atoms with E-state index in [1.165, 1.54) is 4.68 Å². The summed E-state index contributed by atoms with van der Waals surface area (Å²) in [5, 5.41) is 2.62. The van der Waals surface area contributed by atoms with Crippen LogP contribution in [0, 0.1) is 6.92 Å². The summed E-state index contributed by atoms with van der Waals surface area (Å²) in [6, 6.07) is 9.27. The van der Waals surface area contributed by atoms with Crippen LogP contribution in [0.1, 0.15) is 12.6 Å². The van der Waals surface area contributed by atoms with E-state index in [0.717, 1.165) is 5.69 Å². The number of nitrogens with zero attached hydrogens (tertiary/aromatic N) is 2. The fraction of sp³-hybridized carbons (Fsp3) is 0.200. The molecule has 5 heteroatoms. The Morgan fingerprint density at radius 1 is 1.25 bits per heavy atom. The van der Waals surface area contributed by atoms with E-state index in [1.54, 1.807) is 25.6 Å². The molecule has 20 heavy (non-hydrogen) atoms. The van der Waals surface area contributed by atoms with Gasteiger partial charge in [-0.2, -0.15) is 0 Å². The fourth-order valence-corrected chi connectivity index (χ4v) is 1.93. The zero-order valence-corrected chi connectivity index (χ0v) is 11.8. The van der Waals surface area contributed by atoms with Crippen LogP contribution in [0.15, 0.2) is 47.3 Å². The van der Waals surface area contributed by atoms with Crippen molar-refractivity contribution in [3.8, 4) is 5.69 Å². The van der Waals surface area contributed by atoms with Crippen molar-refractivity contribution >= 4 is 11.6 Å². The molecule has 0 aliphatic heterocycles. The highest BCUT2D eigenvalue weighted by Gasteiger charge is 2.17. The van der Waals surface area contributed by atoms with Gasteiger partial charge in [-0.1, -0.05) is 24.8 Å². The number of carbonyl (C=O) groups excluding carboxylic acids is 1. The van der Waals surface area contributed by atoms with Gasteiger partial charge in [0.25, 0.3) is 11.5 Å². The second kappa shape index (κ2) is 5.21. The molecule has 2 aromatic rings. The van der Waals surface area contributed by atoms with Gasteiger partial charge in [0.2, 0.25) is 0 Å². The molecule has 1 aromatic carbocycles. The van der Waals surface area contributed by atoms with Crippen LogP contribution < -0.4 is 10.9 Å². The first-order valence-corrected chi connectivity index (χ1v) is 6.24. The molecule has 5 nitrogen and oxygen atoms in total. The number of anilines is 1. The second-order valence-electron chi connectivity index (χ2n) is 4.67. The minimum atomic E-state index is -0.351. The zero-order valence-electron chi connectivity index (χ0n) is 11.8. The molecule has 0 saturated carbocycles. The molecule has 1 amide bonds. The van der Waals surface area contributed by atoms with E-state index in [0.29, 0.717) is 11.3 Å². The summed E-state index contributed by atoms with van der Waals surface area (Å²) in [6.45, 7) is 6.96. The Kier molecular flexibility index (Phi) is 3.61. The quantitative estimate of drug-likeness (QED) is 0.868. The first-order chi connectivity index (χ1) is 9.43. The van der Waals surface area contributed by atoms with E-state index in [4.69, 9.17) is 0 Å². The van der Waals surface area contributed by atoms with Gasteiger partial charge in [0.1, 0.15) is 5.69 Å². The van der Waals surface area contributed by atoms with Crippen molar-refractivity contribution in [1.29, 1.82) is 0 Å². The Hall–Kier alpha value is -2.56. The Labute approximate surface area is 117 Å². The van der Waals surface area contributed by atoms with E-state index < -0.39 is 0 Å². The van der Waals surface area contributed by atoms with Crippen LogP contribution in [0.3, 0.4) is 0 Å². The number of carbonyl (C=O) groups is 1. The van der Waals surface area contributed by atoms with Crippen molar-refractivity contribution < 1.29 is 4.79 Å². The SMILES string of the molecule is C=C(C)C(=O)Nc1c(C)n(C)n(-c2ccccc2)c1=O. The van der Waals surface area contributed by atoms with Gasteiger partial charge in [-0.05, 0) is 26.0 Å². The number of nitrogens with one attached hydrogen (secondary N) is 1. The Balaban J connectivity index is 2.55. The van der Waals surface area contributed by atoms with E-state index in [2.05, 4.69) is 11.9 Å². The number of hydrogen-bond acceptors (Lipinski definition) is 2. The molecule has 0 radical (unpaired) electrons. The Morgan fingerprint density at radius 3 is 2.40 bits per heavy atom. The first-order valence-electron chi connectivity index (χ1n) is 6.24. The minimum absolute atomic E-state index is 0.259. The predicted molar refractivity (Wildman–Crippen MR) is 79.2 cm³/mol. The summed E-state index contributed by atoms with van der Waals surface area (Å²) in [4.78, 5) is 24.2. The topological polar surface area (TPSA) is 56.0 Å². The first kappa shape index (κ1) is 13.9. The molecule has 2 rings (SSSR count). The van der Waals surface area contributed by atoms with Crippen molar-refractivity contribution in [2.45, 2.75) is 13.8 Å². The van der Waals surface area contributed by atoms with Crippen LogP contribution in [0.2, 0.25) is 0 Å². The lowest BCUT2D eigenvalue weighted by molar-refractivity contribution is -0.112. The maximum Gasteiger partial charge on any atom is 0.295 e. The average Bonchev–Trinajstić information content (AvgIpc) is 2.63. The maximum absolute atomic E-state index is 12.5. The van der Waals surface area contributed by atoms with Gasteiger partial charge in [0.05, 0.1) is 11.4 Å². The molecule has 1 N–H and O–H groups in total. The number of hydrogen-bond donors (Lipinski definition) is 1. The van der Waals surface area contributed by atoms with Gasteiger partial charge in [-0.15, -0.1) is 0 Å². The monoisotopic (exact) mass is 271 g/mol. The highest BCUT2D eigenvalue weighted by atomic mass is 16.2. The van der Waals surface area contributed by atoms with Crippen LogP contribution in [0.25, 0.3) is 5.69 Å². The zero-order chi connectivity index (χ0) is 14.9. The third-order valence-corrected chi connectivity index (χ3v) is 3.18. The number of amides is 1. The van der Waals surface area contributed by atoms with Crippen LogP contribution in [-0.4, -0.2) is 15.3 Å². The van der Waals surface area contributed by atoms with Crippen molar-refractivity contribution in [3.63, 3.8) is 0 Å². The fourth-order valence-electron chi connectivity index (χ4n) is 1.93. The smallest absolute Gasteiger partial charge is 0.295 e. The Morgan fingerprint density at radius 2 is 1.85 bits per heavy atom. The number of rotatable bonds is 3. The molecule has 1 heterocycles. The predicted octanol–water partition coefficient (Wildman–Crippen LogP) is 2.00. The van der Waals surface area contributed by atoms with Crippen molar-refractivity contribution in [1.82, 2.24) is 9.36 Å². The molecule has 0 fully saturated rings. The lowest BCUT2D eigenvalue weighted by Crippen LogP contribution is -2.23. The minimum Gasteiger partial charge on any atom is -0.316 e. The molecular formula is C15H17N3O2. The van der Waals surface area contributed by atoms with Crippen LogP contribution in [0.5, 0.6) is 0 Å². The number of benzene rings is 1. The van der Waals surface area contributed by atoms with E-state index >= 15 is 0 Å². The molecule has 0 saturated heterocycles. The normalized spacial score (nSPS) is 10.3. The van der Waals surface area contributed by atoms with E-state index in [1.807, 2.05) is 30.3 Å². The number of aromatic nitrogens is 2. The summed E-state index contributed by atoms with van der Waals surface area (Å²) in [5.41, 5.74) is 1.82.